The van der Waals surface area contributed by atoms with E-state index in [1.54, 1.807) is 37.2 Å². The Kier molecular flexibility index (Phi) is 4.10. The molecule has 18 heavy (non-hydrogen) atoms. The summed E-state index contributed by atoms with van der Waals surface area (Å²) in [6.45, 7) is 3.33. The van der Waals surface area contributed by atoms with Gasteiger partial charge in [-0.15, -0.1) is 0 Å². The van der Waals surface area contributed by atoms with Crippen LogP contribution in [0.2, 0.25) is 0 Å². The number of carbonyl (C=O) groups excluding carboxylic acids is 1. The van der Waals surface area contributed by atoms with Crippen LogP contribution in [0.3, 0.4) is 0 Å². The van der Waals surface area contributed by atoms with Gasteiger partial charge in [0.25, 0.3) is 0 Å². The summed E-state index contributed by atoms with van der Waals surface area (Å²) in [5.41, 5.74) is 0.904. The van der Waals surface area contributed by atoms with Crippen LogP contribution in [-0.4, -0.2) is 43.5 Å². The predicted octanol–water partition coefficient (Wildman–Crippen LogP) is 2.76. The Morgan fingerprint density at radius 1 is 1.50 bits per heavy atom. The monoisotopic (exact) mass is 252 g/mol. The van der Waals surface area contributed by atoms with Gasteiger partial charge in [-0.3, -0.25) is 0 Å². The number of amides is 1. The second kappa shape index (κ2) is 6.40. The molecule has 0 fully saturated rings. The first-order valence-electron chi connectivity index (χ1n) is 7.11. The van der Waals surface area contributed by atoms with Gasteiger partial charge in [-0.25, -0.2) is 4.79 Å². The lowest BCUT2D eigenvalue weighted by atomic mass is 10.1. The Balaban J connectivity index is 2.83. The van der Waals surface area contributed by atoms with Gasteiger partial charge in [0, 0.05) is 22.4 Å². The molecule has 0 heterocycles. The number of rotatable bonds is 4. The van der Waals surface area contributed by atoms with Crippen molar-refractivity contribution in [2.75, 3.05) is 27.6 Å². The molecular formula is C14H22N2O2. The van der Waals surface area contributed by atoms with E-state index in [9.17, 15) is 4.79 Å². The third-order valence-electron chi connectivity index (χ3n) is 2.94. The smallest absolute Gasteiger partial charge is 0.410 e. The average Bonchev–Trinajstić information content (AvgIpc) is 2.44. The standard InChI is InChI=1S/C14H22N2O2/c1-6-16(5)14(17)18-13-9-7-8-12(10-13)11(2)15(3)4/h7-11H,6H2,1-5H3/t11-/m0/s1/i3D2. The molecule has 0 saturated carbocycles. The van der Waals surface area contributed by atoms with E-state index in [0.717, 1.165) is 5.56 Å². The van der Waals surface area contributed by atoms with Crippen molar-refractivity contribution < 1.29 is 12.3 Å². The minimum Gasteiger partial charge on any atom is -0.410 e. The fourth-order valence-electron chi connectivity index (χ4n) is 1.38. The maximum atomic E-state index is 11.7. The van der Waals surface area contributed by atoms with Gasteiger partial charge in [-0.05, 0) is 45.6 Å². The molecular weight excluding hydrogens is 228 g/mol. The van der Waals surface area contributed by atoms with E-state index >= 15 is 0 Å². The second-order valence-electron chi connectivity index (χ2n) is 4.30. The molecule has 0 aromatic heterocycles. The van der Waals surface area contributed by atoms with Gasteiger partial charge < -0.3 is 14.5 Å². The SMILES string of the molecule is [2H]C([2H])N(C)[C@@H](C)c1cccc(OC(=O)N(C)CC)c1. The fraction of sp³-hybridized carbons (Fsp3) is 0.500. The van der Waals surface area contributed by atoms with E-state index in [-0.39, 0.29) is 6.04 Å². The van der Waals surface area contributed by atoms with Gasteiger partial charge in [-0.1, -0.05) is 12.1 Å². The molecule has 4 nitrogen and oxygen atoms in total. The number of hydrogen-bond donors (Lipinski definition) is 0. The quantitative estimate of drug-likeness (QED) is 0.826. The molecule has 0 spiro atoms. The molecule has 1 aromatic rings. The van der Waals surface area contributed by atoms with Crippen molar-refractivity contribution in [2.45, 2.75) is 19.9 Å². The molecule has 1 atom stereocenters. The summed E-state index contributed by atoms with van der Waals surface area (Å²) in [6, 6.07) is 7.08. The molecule has 0 aliphatic heterocycles. The highest BCUT2D eigenvalue weighted by atomic mass is 16.6. The molecule has 1 rings (SSSR count). The summed E-state index contributed by atoms with van der Waals surface area (Å²) in [5, 5.41) is 0. The summed E-state index contributed by atoms with van der Waals surface area (Å²) in [4.78, 5) is 14.8. The zero-order valence-corrected chi connectivity index (χ0v) is 11.4. The van der Waals surface area contributed by atoms with E-state index in [4.69, 9.17) is 7.48 Å². The van der Waals surface area contributed by atoms with Crippen LogP contribution in [0.5, 0.6) is 5.75 Å². The molecule has 0 aliphatic carbocycles. The maximum Gasteiger partial charge on any atom is 0.414 e. The van der Waals surface area contributed by atoms with Crippen molar-refractivity contribution in [1.82, 2.24) is 9.80 Å². The average molecular weight is 252 g/mol. The maximum absolute atomic E-state index is 11.7. The van der Waals surface area contributed by atoms with Crippen LogP contribution >= 0.6 is 0 Å². The third-order valence-corrected chi connectivity index (χ3v) is 2.94. The first kappa shape index (κ1) is 11.5. The van der Waals surface area contributed by atoms with Gasteiger partial charge in [-0.2, -0.15) is 0 Å². The van der Waals surface area contributed by atoms with E-state index < -0.39 is 13.1 Å². The zero-order chi connectivity index (χ0) is 15.3. The van der Waals surface area contributed by atoms with E-state index in [0.29, 0.717) is 12.3 Å². The summed E-state index contributed by atoms with van der Waals surface area (Å²) in [6.07, 6.45) is -0.399. The molecule has 0 radical (unpaired) electrons. The number of nitrogens with zero attached hydrogens (tertiary/aromatic N) is 2. The lowest BCUT2D eigenvalue weighted by molar-refractivity contribution is 0.165. The van der Waals surface area contributed by atoms with Crippen LogP contribution < -0.4 is 4.74 Å². The van der Waals surface area contributed by atoms with E-state index in [1.165, 1.54) is 4.90 Å². The van der Waals surface area contributed by atoms with Crippen LogP contribution in [0.4, 0.5) is 4.79 Å². The Bertz CT molecular complexity index is 455. The molecule has 0 bridgehead atoms. The Hall–Kier alpha value is -1.55. The van der Waals surface area contributed by atoms with Crippen LogP contribution in [-0.2, 0) is 0 Å². The molecule has 0 aliphatic rings. The lowest BCUT2D eigenvalue weighted by Gasteiger charge is -2.21. The summed E-state index contributed by atoms with van der Waals surface area (Å²) < 4.78 is 20.1. The topological polar surface area (TPSA) is 32.8 Å². The van der Waals surface area contributed by atoms with E-state index in [2.05, 4.69) is 0 Å². The number of benzene rings is 1. The molecule has 0 saturated heterocycles. The van der Waals surface area contributed by atoms with Gasteiger partial charge in [0.05, 0.1) is 0 Å². The van der Waals surface area contributed by atoms with Crippen LogP contribution in [0.25, 0.3) is 0 Å². The highest BCUT2D eigenvalue weighted by Crippen LogP contribution is 2.22. The summed E-state index contributed by atoms with van der Waals surface area (Å²) >= 11 is 0. The normalized spacial score (nSPS) is 14.1. The number of carbonyl (C=O) groups is 1. The Labute approximate surface area is 112 Å². The molecule has 1 amide bonds. The molecule has 0 unspecified atom stereocenters. The van der Waals surface area contributed by atoms with Gasteiger partial charge in [0.15, 0.2) is 0 Å². The first-order valence-corrected chi connectivity index (χ1v) is 5.96. The molecule has 0 N–H and O–H groups in total. The van der Waals surface area contributed by atoms with Gasteiger partial charge in [0.1, 0.15) is 5.75 Å². The molecule has 1 aromatic carbocycles. The van der Waals surface area contributed by atoms with Crippen LogP contribution in [0, 0.1) is 0 Å². The largest absolute Gasteiger partial charge is 0.414 e. The van der Waals surface area contributed by atoms with Crippen molar-refractivity contribution in [1.29, 1.82) is 0 Å². The van der Waals surface area contributed by atoms with Crippen LogP contribution in [0.15, 0.2) is 24.3 Å². The number of hydrogen-bond acceptors (Lipinski definition) is 3. The van der Waals surface area contributed by atoms with Crippen molar-refractivity contribution in [2.24, 2.45) is 0 Å². The van der Waals surface area contributed by atoms with Crippen molar-refractivity contribution >= 4 is 6.09 Å². The first-order chi connectivity index (χ1) is 9.36. The lowest BCUT2D eigenvalue weighted by Crippen LogP contribution is -2.29. The Morgan fingerprint density at radius 3 is 2.83 bits per heavy atom. The van der Waals surface area contributed by atoms with Gasteiger partial charge in [0.2, 0.25) is 0 Å². The highest BCUT2D eigenvalue weighted by molar-refractivity contribution is 5.70. The van der Waals surface area contributed by atoms with Crippen LogP contribution in [0.1, 0.15) is 28.2 Å². The van der Waals surface area contributed by atoms with Crippen molar-refractivity contribution in [3.63, 3.8) is 0 Å². The number of ether oxygens (including phenoxy) is 1. The summed E-state index contributed by atoms with van der Waals surface area (Å²) in [5.74, 6) is 0.472. The van der Waals surface area contributed by atoms with Crippen molar-refractivity contribution in [3.05, 3.63) is 29.8 Å². The third kappa shape index (κ3) is 3.74. The Morgan fingerprint density at radius 2 is 2.22 bits per heavy atom. The molecule has 100 valence electrons. The fourth-order valence-corrected chi connectivity index (χ4v) is 1.38. The van der Waals surface area contributed by atoms with E-state index in [1.807, 2.05) is 19.9 Å². The zero-order valence-electron chi connectivity index (χ0n) is 13.4. The highest BCUT2D eigenvalue weighted by Gasteiger charge is 2.12. The summed E-state index contributed by atoms with van der Waals surface area (Å²) in [7, 11) is 3.40. The van der Waals surface area contributed by atoms with Gasteiger partial charge >= 0.3 is 6.09 Å². The van der Waals surface area contributed by atoms with Crippen molar-refractivity contribution in [3.8, 4) is 5.75 Å². The molecule has 4 heteroatoms. The minimum atomic E-state index is -1.04. The second-order valence-corrected chi connectivity index (χ2v) is 4.30. The predicted molar refractivity (Wildman–Crippen MR) is 72.9 cm³/mol. The minimum absolute atomic E-state index is 0.0995.